The van der Waals surface area contributed by atoms with Crippen LogP contribution in [-0.4, -0.2) is 33.4 Å². The highest BCUT2D eigenvalue weighted by Gasteiger charge is 2.09. The van der Waals surface area contributed by atoms with E-state index >= 15 is 0 Å². The molecule has 0 fully saturated rings. The van der Waals surface area contributed by atoms with Crippen LogP contribution in [0.3, 0.4) is 0 Å². The lowest BCUT2D eigenvalue weighted by molar-refractivity contribution is 0.188. The zero-order valence-electron chi connectivity index (χ0n) is 11.4. The van der Waals surface area contributed by atoms with Crippen LogP contribution in [0.2, 0.25) is 0 Å². The molecule has 1 aromatic rings. The first-order valence-electron chi connectivity index (χ1n) is 6.07. The van der Waals surface area contributed by atoms with Gasteiger partial charge < -0.3 is 15.4 Å². The lowest BCUT2D eigenvalue weighted by atomic mass is 10.1. The first kappa shape index (κ1) is 14.0. The van der Waals surface area contributed by atoms with E-state index in [1.165, 1.54) is 16.8 Å². The zero-order chi connectivity index (χ0) is 12.8. The number of likely N-dealkylation sites (N-methyl/N-ethyl adjacent to an activating group) is 1. The van der Waals surface area contributed by atoms with E-state index in [0.717, 1.165) is 19.6 Å². The third-order valence-electron chi connectivity index (χ3n) is 2.96. The summed E-state index contributed by atoms with van der Waals surface area (Å²) >= 11 is 0. The van der Waals surface area contributed by atoms with E-state index in [1.54, 1.807) is 7.11 Å². The van der Waals surface area contributed by atoms with Crippen LogP contribution in [0.1, 0.15) is 17.5 Å². The topological polar surface area (TPSA) is 38.5 Å². The fourth-order valence-corrected chi connectivity index (χ4v) is 2.04. The number of hydrogen-bond donors (Lipinski definition) is 1. The lowest BCUT2D eigenvalue weighted by Gasteiger charge is -2.25. The third kappa shape index (κ3) is 4.36. The summed E-state index contributed by atoms with van der Waals surface area (Å²) in [5.41, 5.74) is 9.90. The molecule has 1 atom stereocenters. The molecule has 0 bridgehead atoms. The molecule has 0 saturated heterocycles. The molecule has 1 unspecified atom stereocenters. The molecular formula is C14H24N2O. The monoisotopic (exact) mass is 236 g/mol. The number of benzene rings is 1. The van der Waals surface area contributed by atoms with Gasteiger partial charge in [-0.25, -0.2) is 0 Å². The number of anilines is 1. The number of nitrogens with zero attached hydrogens (tertiary/aromatic N) is 1. The van der Waals surface area contributed by atoms with Crippen LogP contribution in [0, 0.1) is 13.8 Å². The minimum atomic E-state index is 0.153. The molecule has 0 aromatic heterocycles. The highest BCUT2D eigenvalue weighted by Crippen LogP contribution is 2.20. The fourth-order valence-electron chi connectivity index (χ4n) is 2.04. The van der Waals surface area contributed by atoms with Crippen molar-refractivity contribution in [3.8, 4) is 0 Å². The van der Waals surface area contributed by atoms with Gasteiger partial charge in [-0.3, -0.25) is 0 Å². The van der Waals surface area contributed by atoms with Crippen LogP contribution in [0.4, 0.5) is 5.69 Å². The zero-order valence-corrected chi connectivity index (χ0v) is 11.4. The van der Waals surface area contributed by atoms with Crippen molar-refractivity contribution >= 4 is 5.69 Å². The van der Waals surface area contributed by atoms with E-state index < -0.39 is 0 Å². The van der Waals surface area contributed by atoms with Crippen LogP contribution < -0.4 is 10.6 Å². The van der Waals surface area contributed by atoms with E-state index in [0.29, 0.717) is 0 Å². The molecule has 0 aliphatic carbocycles. The molecule has 0 saturated carbocycles. The highest BCUT2D eigenvalue weighted by atomic mass is 16.5. The van der Waals surface area contributed by atoms with E-state index in [2.05, 4.69) is 44.0 Å². The Hall–Kier alpha value is -1.06. The largest absolute Gasteiger partial charge is 0.385 e. The van der Waals surface area contributed by atoms with Crippen molar-refractivity contribution in [1.29, 1.82) is 0 Å². The average Bonchev–Trinajstić information content (AvgIpc) is 2.26. The highest BCUT2D eigenvalue weighted by molar-refractivity contribution is 5.53. The molecule has 0 aliphatic heterocycles. The molecule has 0 heterocycles. The minimum absolute atomic E-state index is 0.153. The van der Waals surface area contributed by atoms with E-state index in [9.17, 15) is 0 Å². The van der Waals surface area contributed by atoms with Crippen molar-refractivity contribution in [2.24, 2.45) is 5.73 Å². The molecule has 0 aliphatic rings. The quantitative estimate of drug-likeness (QED) is 0.822. The Balaban J connectivity index is 2.60. The van der Waals surface area contributed by atoms with Crippen molar-refractivity contribution < 1.29 is 4.74 Å². The van der Waals surface area contributed by atoms with Gasteiger partial charge in [0.2, 0.25) is 0 Å². The molecule has 96 valence electrons. The van der Waals surface area contributed by atoms with Gasteiger partial charge in [-0.05, 0) is 31.9 Å². The number of rotatable bonds is 6. The number of methoxy groups -OCH3 is 1. The van der Waals surface area contributed by atoms with Gasteiger partial charge in [-0.2, -0.15) is 0 Å². The van der Waals surface area contributed by atoms with Gasteiger partial charge >= 0.3 is 0 Å². The second kappa shape index (κ2) is 6.62. The van der Waals surface area contributed by atoms with Gasteiger partial charge in [-0.1, -0.05) is 17.7 Å². The molecule has 0 amide bonds. The molecular weight excluding hydrogens is 212 g/mol. The second-order valence-electron chi connectivity index (χ2n) is 4.71. The van der Waals surface area contributed by atoms with Crippen molar-refractivity contribution in [1.82, 2.24) is 0 Å². The van der Waals surface area contributed by atoms with Crippen LogP contribution in [0.5, 0.6) is 0 Å². The van der Waals surface area contributed by atoms with Crippen LogP contribution in [0.25, 0.3) is 0 Å². The summed E-state index contributed by atoms with van der Waals surface area (Å²) in [6.07, 6.45) is 0.895. The number of hydrogen-bond acceptors (Lipinski definition) is 3. The summed E-state index contributed by atoms with van der Waals surface area (Å²) in [6, 6.07) is 6.65. The molecule has 0 spiro atoms. The maximum atomic E-state index is 6.06. The minimum Gasteiger partial charge on any atom is -0.385 e. The van der Waals surface area contributed by atoms with Gasteiger partial charge in [0.25, 0.3) is 0 Å². The van der Waals surface area contributed by atoms with Crippen molar-refractivity contribution in [2.45, 2.75) is 26.3 Å². The standard InChI is InChI=1S/C14H24N2O/c1-11-5-6-14(12(2)9-11)16(3)10-13(15)7-8-17-4/h5-6,9,13H,7-8,10,15H2,1-4H3. The van der Waals surface area contributed by atoms with Crippen LogP contribution >= 0.6 is 0 Å². The number of aryl methyl sites for hydroxylation is 2. The molecule has 0 radical (unpaired) electrons. The SMILES string of the molecule is COCCC(N)CN(C)c1ccc(C)cc1C. The molecule has 3 heteroatoms. The first-order chi connectivity index (χ1) is 8.04. The molecule has 17 heavy (non-hydrogen) atoms. The Labute approximate surface area is 105 Å². The van der Waals surface area contributed by atoms with Gasteiger partial charge in [0.1, 0.15) is 0 Å². The predicted octanol–water partition coefficient (Wildman–Crippen LogP) is 2.10. The molecule has 1 aromatic carbocycles. The van der Waals surface area contributed by atoms with Gasteiger partial charge in [0.05, 0.1) is 0 Å². The normalized spacial score (nSPS) is 12.5. The summed E-state index contributed by atoms with van der Waals surface area (Å²) in [5, 5.41) is 0. The van der Waals surface area contributed by atoms with Crippen LogP contribution in [-0.2, 0) is 4.74 Å². The third-order valence-corrected chi connectivity index (χ3v) is 2.96. The second-order valence-corrected chi connectivity index (χ2v) is 4.71. The van der Waals surface area contributed by atoms with E-state index in [-0.39, 0.29) is 6.04 Å². The Morgan fingerprint density at radius 2 is 2.06 bits per heavy atom. The predicted molar refractivity (Wildman–Crippen MR) is 73.7 cm³/mol. The first-order valence-corrected chi connectivity index (χ1v) is 6.07. The van der Waals surface area contributed by atoms with Gasteiger partial charge in [0, 0.05) is 39.0 Å². The fraction of sp³-hybridized carbons (Fsp3) is 0.571. The Morgan fingerprint density at radius 3 is 2.65 bits per heavy atom. The lowest BCUT2D eigenvalue weighted by Crippen LogP contribution is -2.36. The molecule has 3 nitrogen and oxygen atoms in total. The Morgan fingerprint density at radius 1 is 1.35 bits per heavy atom. The Kier molecular flexibility index (Phi) is 5.45. The number of ether oxygens (including phenoxy) is 1. The average molecular weight is 236 g/mol. The van der Waals surface area contributed by atoms with Crippen molar-refractivity contribution in [3.63, 3.8) is 0 Å². The maximum absolute atomic E-state index is 6.06. The number of nitrogens with two attached hydrogens (primary N) is 1. The van der Waals surface area contributed by atoms with E-state index in [1.807, 2.05) is 0 Å². The van der Waals surface area contributed by atoms with Crippen LogP contribution in [0.15, 0.2) is 18.2 Å². The smallest absolute Gasteiger partial charge is 0.0477 e. The van der Waals surface area contributed by atoms with E-state index in [4.69, 9.17) is 10.5 Å². The molecule has 2 N–H and O–H groups in total. The summed E-state index contributed by atoms with van der Waals surface area (Å²) in [5.74, 6) is 0. The van der Waals surface area contributed by atoms with Gasteiger partial charge in [-0.15, -0.1) is 0 Å². The Bertz CT molecular complexity index is 352. The summed E-state index contributed by atoms with van der Waals surface area (Å²) in [7, 11) is 3.80. The molecule has 1 rings (SSSR count). The maximum Gasteiger partial charge on any atom is 0.0477 e. The summed E-state index contributed by atoms with van der Waals surface area (Å²) in [4.78, 5) is 2.22. The summed E-state index contributed by atoms with van der Waals surface area (Å²) < 4.78 is 5.04. The van der Waals surface area contributed by atoms with Crippen molar-refractivity contribution in [2.75, 3.05) is 32.2 Å². The summed E-state index contributed by atoms with van der Waals surface area (Å²) in [6.45, 7) is 5.83. The van der Waals surface area contributed by atoms with Crippen molar-refractivity contribution in [3.05, 3.63) is 29.3 Å². The van der Waals surface area contributed by atoms with Gasteiger partial charge in [0.15, 0.2) is 0 Å².